The fourth-order valence-corrected chi connectivity index (χ4v) is 4.04. The average Bonchev–Trinajstić information content (AvgIpc) is 3.19. The van der Waals surface area contributed by atoms with Crippen LogP contribution in [-0.4, -0.2) is 33.0 Å². The third-order valence-corrected chi connectivity index (χ3v) is 5.94. The van der Waals surface area contributed by atoms with Gasteiger partial charge in [-0.3, -0.25) is 4.79 Å². The number of benzene rings is 2. The van der Waals surface area contributed by atoms with E-state index in [1.165, 1.54) is 6.08 Å². The molecule has 1 amide bonds. The van der Waals surface area contributed by atoms with Crippen molar-refractivity contribution < 1.29 is 14.3 Å². The maximum absolute atomic E-state index is 13.4. The Morgan fingerprint density at radius 2 is 1.61 bits per heavy atom. The monoisotopic (exact) mass is 484 g/mol. The first-order valence-electron chi connectivity index (χ1n) is 12.6. The zero-order valence-electron chi connectivity index (χ0n) is 20.9. The highest BCUT2D eigenvalue weighted by Crippen LogP contribution is 2.31. The number of unbranched alkanes of at least 4 members (excludes halogenated alkanes) is 3. The SMILES string of the molecule is CCCCCOC(=O)c1c(NC(=O)/C=C/c2ccccc2)n(CCCC)c2nc3ccccc3nc12. The van der Waals surface area contributed by atoms with Crippen LogP contribution in [0.15, 0.2) is 60.7 Å². The summed E-state index contributed by atoms with van der Waals surface area (Å²) in [5.74, 6) is -0.473. The molecule has 0 radical (unpaired) electrons. The number of ether oxygens (including phenoxy) is 1. The summed E-state index contributed by atoms with van der Waals surface area (Å²) in [7, 11) is 0. The summed E-state index contributed by atoms with van der Waals surface area (Å²) in [6, 6.07) is 17.1. The summed E-state index contributed by atoms with van der Waals surface area (Å²) in [5.41, 5.74) is 3.56. The molecule has 4 rings (SSSR count). The Bertz CT molecular complexity index is 1380. The average molecular weight is 485 g/mol. The van der Waals surface area contributed by atoms with E-state index < -0.39 is 5.97 Å². The van der Waals surface area contributed by atoms with Crippen molar-refractivity contribution in [2.75, 3.05) is 11.9 Å². The molecule has 1 N–H and O–H groups in total. The van der Waals surface area contributed by atoms with Crippen molar-refractivity contribution in [3.05, 3.63) is 71.8 Å². The third-order valence-electron chi connectivity index (χ3n) is 5.94. The van der Waals surface area contributed by atoms with Gasteiger partial charge >= 0.3 is 5.97 Å². The normalized spacial score (nSPS) is 11.4. The summed E-state index contributed by atoms with van der Waals surface area (Å²) in [5, 5.41) is 2.94. The van der Waals surface area contributed by atoms with Crippen molar-refractivity contribution in [2.24, 2.45) is 0 Å². The van der Waals surface area contributed by atoms with E-state index in [0.717, 1.165) is 43.2 Å². The number of carbonyl (C=O) groups excluding carboxylic acids is 2. The maximum atomic E-state index is 13.4. The second-order valence-electron chi connectivity index (χ2n) is 8.69. The smallest absolute Gasteiger partial charge is 0.344 e. The van der Waals surface area contributed by atoms with E-state index >= 15 is 0 Å². The summed E-state index contributed by atoms with van der Waals surface area (Å²) in [6.45, 7) is 5.09. The molecule has 7 heteroatoms. The van der Waals surface area contributed by atoms with Gasteiger partial charge in [-0.1, -0.05) is 75.6 Å². The summed E-state index contributed by atoms with van der Waals surface area (Å²) in [4.78, 5) is 36.0. The molecule has 4 aromatic rings. The number of nitrogens with zero attached hydrogens (tertiary/aromatic N) is 3. The van der Waals surface area contributed by atoms with Crippen LogP contribution in [0.5, 0.6) is 0 Å². The van der Waals surface area contributed by atoms with Crippen LogP contribution in [-0.2, 0) is 16.1 Å². The van der Waals surface area contributed by atoms with Crippen molar-refractivity contribution in [1.82, 2.24) is 14.5 Å². The van der Waals surface area contributed by atoms with Crippen LogP contribution >= 0.6 is 0 Å². The summed E-state index contributed by atoms with van der Waals surface area (Å²) in [6.07, 6.45) is 7.79. The molecule has 0 bridgehead atoms. The molecule has 0 saturated heterocycles. The Hall–Kier alpha value is -4.00. The Labute approximate surface area is 211 Å². The highest BCUT2D eigenvalue weighted by Gasteiger charge is 2.27. The molecule has 0 fully saturated rings. The van der Waals surface area contributed by atoms with Crippen LogP contribution in [0.3, 0.4) is 0 Å². The molecular weight excluding hydrogens is 452 g/mol. The predicted molar refractivity (Wildman–Crippen MR) is 144 cm³/mol. The number of nitrogens with one attached hydrogen (secondary N) is 1. The quantitative estimate of drug-likeness (QED) is 0.152. The lowest BCUT2D eigenvalue weighted by Gasteiger charge is -2.11. The third kappa shape index (κ3) is 5.79. The first kappa shape index (κ1) is 25.1. The molecule has 0 aliphatic carbocycles. The lowest BCUT2D eigenvalue weighted by Crippen LogP contribution is -2.17. The molecule has 36 heavy (non-hydrogen) atoms. The number of hydrogen-bond donors (Lipinski definition) is 1. The van der Waals surface area contributed by atoms with Crippen LogP contribution in [0.1, 0.15) is 61.9 Å². The van der Waals surface area contributed by atoms with Crippen LogP contribution in [0, 0.1) is 0 Å². The molecule has 7 nitrogen and oxygen atoms in total. The Morgan fingerprint density at radius 1 is 0.917 bits per heavy atom. The van der Waals surface area contributed by atoms with Crippen LogP contribution < -0.4 is 5.32 Å². The van der Waals surface area contributed by atoms with Gasteiger partial charge in [0.1, 0.15) is 16.9 Å². The van der Waals surface area contributed by atoms with E-state index in [-0.39, 0.29) is 11.5 Å². The minimum absolute atomic E-state index is 0.248. The van der Waals surface area contributed by atoms with Gasteiger partial charge in [0.2, 0.25) is 5.91 Å². The molecule has 186 valence electrons. The lowest BCUT2D eigenvalue weighted by atomic mass is 10.2. The number of fused-ring (bicyclic) bond motifs is 2. The number of amides is 1. The van der Waals surface area contributed by atoms with Gasteiger partial charge in [0.15, 0.2) is 5.65 Å². The van der Waals surface area contributed by atoms with Crippen LogP contribution in [0.2, 0.25) is 0 Å². The van der Waals surface area contributed by atoms with E-state index in [1.54, 1.807) is 6.08 Å². The number of hydrogen-bond acceptors (Lipinski definition) is 5. The summed E-state index contributed by atoms with van der Waals surface area (Å²) < 4.78 is 7.51. The van der Waals surface area contributed by atoms with Crippen LogP contribution in [0.25, 0.3) is 28.3 Å². The Morgan fingerprint density at radius 3 is 2.33 bits per heavy atom. The highest BCUT2D eigenvalue weighted by atomic mass is 16.5. The highest BCUT2D eigenvalue weighted by molar-refractivity contribution is 6.13. The van der Waals surface area contributed by atoms with E-state index in [9.17, 15) is 9.59 Å². The van der Waals surface area contributed by atoms with Gasteiger partial charge in [-0.15, -0.1) is 0 Å². The number of aryl methyl sites for hydroxylation is 1. The van der Waals surface area contributed by atoms with E-state index in [4.69, 9.17) is 14.7 Å². The molecule has 0 saturated carbocycles. The Kier molecular flexibility index (Phi) is 8.44. The van der Waals surface area contributed by atoms with Gasteiger partial charge in [-0.2, -0.15) is 0 Å². The van der Waals surface area contributed by atoms with Gasteiger partial charge < -0.3 is 14.6 Å². The number of esters is 1. The minimum Gasteiger partial charge on any atom is -0.462 e. The second-order valence-corrected chi connectivity index (χ2v) is 8.69. The van der Waals surface area contributed by atoms with E-state index in [1.807, 2.05) is 59.2 Å². The second kappa shape index (κ2) is 12.1. The molecule has 2 aromatic heterocycles. The van der Waals surface area contributed by atoms with Crippen molar-refractivity contribution >= 4 is 46.0 Å². The van der Waals surface area contributed by atoms with Crippen molar-refractivity contribution in [2.45, 2.75) is 52.5 Å². The molecule has 0 atom stereocenters. The topological polar surface area (TPSA) is 86.1 Å². The zero-order valence-corrected chi connectivity index (χ0v) is 20.9. The predicted octanol–water partition coefficient (Wildman–Crippen LogP) is 6.38. The molecule has 0 spiro atoms. The fourth-order valence-electron chi connectivity index (χ4n) is 4.04. The van der Waals surface area contributed by atoms with Crippen molar-refractivity contribution in [3.8, 4) is 0 Å². The number of carbonyl (C=O) groups is 2. The molecular formula is C29H32N4O3. The number of rotatable bonds is 11. The molecule has 0 unspecified atom stereocenters. The molecule has 2 aromatic carbocycles. The van der Waals surface area contributed by atoms with Gasteiger partial charge in [0, 0.05) is 12.6 Å². The lowest BCUT2D eigenvalue weighted by molar-refractivity contribution is -0.111. The van der Waals surface area contributed by atoms with Gasteiger partial charge in [0.05, 0.1) is 17.6 Å². The zero-order chi connectivity index (χ0) is 25.3. The fraction of sp³-hybridized carbons (Fsp3) is 0.310. The minimum atomic E-state index is -0.502. The molecule has 0 aliphatic heterocycles. The maximum Gasteiger partial charge on any atom is 0.344 e. The Balaban J connectivity index is 1.79. The van der Waals surface area contributed by atoms with Crippen LogP contribution in [0.4, 0.5) is 5.82 Å². The van der Waals surface area contributed by atoms with Gasteiger partial charge in [0.25, 0.3) is 0 Å². The molecule has 2 heterocycles. The van der Waals surface area contributed by atoms with E-state index in [0.29, 0.717) is 35.7 Å². The van der Waals surface area contributed by atoms with Gasteiger partial charge in [-0.25, -0.2) is 14.8 Å². The van der Waals surface area contributed by atoms with E-state index in [2.05, 4.69) is 19.2 Å². The van der Waals surface area contributed by atoms with Gasteiger partial charge in [-0.05, 0) is 36.6 Å². The number of para-hydroxylation sites is 2. The number of anilines is 1. The standard InChI is InChI=1S/C29H32N4O3/c1-3-5-12-20-36-29(35)25-26-28(31-23-16-11-10-15-22(23)30-26)33(19-6-4-2)27(25)32-24(34)18-17-21-13-8-7-9-14-21/h7-11,13-18H,3-6,12,19-20H2,1-2H3,(H,32,34)/b18-17+. The van der Waals surface area contributed by atoms with Crippen molar-refractivity contribution in [3.63, 3.8) is 0 Å². The molecule has 0 aliphatic rings. The van der Waals surface area contributed by atoms with Crippen molar-refractivity contribution in [1.29, 1.82) is 0 Å². The number of aromatic nitrogens is 3. The largest absolute Gasteiger partial charge is 0.462 e. The first-order valence-corrected chi connectivity index (χ1v) is 12.6. The summed E-state index contributed by atoms with van der Waals surface area (Å²) >= 11 is 0. The first-order chi connectivity index (χ1) is 17.6.